The summed E-state index contributed by atoms with van der Waals surface area (Å²) in [7, 11) is 0. The predicted octanol–water partition coefficient (Wildman–Crippen LogP) is 2.86. The second kappa shape index (κ2) is 4.04. The molecule has 0 aliphatic rings. The highest BCUT2D eigenvalue weighted by Gasteiger charge is 2.37. The lowest BCUT2D eigenvalue weighted by Crippen LogP contribution is -2.40. The van der Waals surface area contributed by atoms with Crippen molar-refractivity contribution in [2.45, 2.75) is 38.0 Å². The molecule has 0 saturated heterocycles. The summed E-state index contributed by atoms with van der Waals surface area (Å²) in [6.45, 7) is 7.82. The lowest BCUT2D eigenvalue weighted by atomic mass is 9.90. The molecule has 0 atom stereocenters. The molecule has 0 aromatic rings. The summed E-state index contributed by atoms with van der Waals surface area (Å²) in [5.41, 5.74) is -0.352. The molecular formula is C8H12N2S2. The van der Waals surface area contributed by atoms with E-state index in [0.29, 0.717) is 0 Å². The van der Waals surface area contributed by atoms with E-state index in [4.69, 9.17) is 5.26 Å². The van der Waals surface area contributed by atoms with Crippen LogP contribution in [0.1, 0.15) is 27.7 Å². The molecule has 0 unspecified atom stereocenters. The molecule has 66 valence electrons. The molecule has 0 saturated carbocycles. The third-order valence-corrected chi connectivity index (χ3v) is 3.29. The van der Waals surface area contributed by atoms with E-state index in [1.54, 1.807) is 0 Å². The summed E-state index contributed by atoms with van der Waals surface area (Å²) in [4.78, 5) is 4.04. The maximum atomic E-state index is 8.56. The standard InChI is InChI=1S/C8H12N2S2/c1-7(2,10-6-11)8(3,4)12-5-9/h1-4H3. The average molecular weight is 200 g/mol. The Labute approximate surface area is 83.1 Å². The first-order valence-electron chi connectivity index (χ1n) is 3.53. The quantitative estimate of drug-likeness (QED) is 0.399. The van der Waals surface area contributed by atoms with Gasteiger partial charge < -0.3 is 0 Å². The molecule has 4 heteroatoms. The average Bonchev–Trinajstić information content (AvgIpc) is 1.86. The maximum Gasteiger partial charge on any atom is 0.133 e. The number of nitrogens with zero attached hydrogens (tertiary/aromatic N) is 2. The van der Waals surface area contributed by atoms with Crippen LogP contribution in [-0.4, -0.2) is 15.4 Å². The molecule has 0 amide bonds. The molecular weight excluding hydrogens is 188 g/mol. The molecule has 0 fully saturated rings. The number of rotatable bonds is 3. The van der Waals surface area contributed by atoms with E-state index in [0.717, 1.165) is 0 Å². The number of hydrogen-bond acceptors (Lipinski definition) is 4. The van der Waals surface area contributed by atoms with Crippen LogP contribution in [0.3, 0.4) is 0 Å². The fourth-order valence-electron chi connectivity index (χ4n) is 0.488. The highest BCUT2D eigenvalue weighted by Crippen LogP contribution is 2.36. The molecule has 0 bridgehead atoms. The van der Waals surface area contributed by atoms with E-state index < -0.39 is 0 Å². The van der Waals surface area contributed by atoms with Gasteiger partial charge in [0.2, 0.25) is 0 Å². The van der Waals surface area contributed by atoms with E-state index in [1.165, 1.54) is 11.8 Å². The second-order valence-corrected chi connectivity index (χ2v) is 5.06. The zero-order valence-electron chi connectivity index (χ0n) is 7.71. The lowest BCUT2D eigenvalue weighted by molar-refractivity contribution is 0.419. The smallest absolute Gasteiger partial charge is 0.133 e. The summed E-state index contributed by atoms with van der Waals surface area (Å²) >= 11 is 5.75. The van der Waals surface area contributed by atoms with Crippen LogP contribution >= 0.6 is 24.0 Å². The summed E-state index contributed by atoms with van der Waals surface area (Å²) in [5.74, 6) is 0. The molecule has 0 radical (unpaired) electrons. The van der Waals surface area contributed by atoms with Gasteiger partial charge in [-0.05, 0) is 51.7 Å². The fraction of sp³-hybridized carbons (Fsp3) is 0.750. The Morgan fingerprint density at radius 1 is 1.33 bits per heavy atom. The third kappa shape index (κ3) is 2.60. The molecule has 0 spiro atoms. The summed E-state index contributed by atoms with van der Waals surface area (Å²) in [6.07, 6.45) is 0. The molecule has 0 N–H and O–H groups in total. The Balaban J connectivity index is 4.76. The van der Waals surface area contributed by atoms with E-state index in [2.05, 4.69) is 27.8 Å². The summed E-state index contributed by atoms with van der Waals surface area (Å²) in [5, 5.41) is 13.0. The Hall–Kier alpha value is -0.360. The largest absolute Gasteiger partial charge is 0.225 e. The molecule has 0 aliphatic carbocycles. The van der Waals surface area contributed by atoms with E-state index >= 15 is 0 Å². The van der Waals surface area contributed by atoms with Crippen LogP contribution in [0.15, 0.2) is 4.99 Å². The van der Waals surface area contributed by atoms with Gasteiger partial charge in [0.1, 0.15) is 5.40 Å². The van der Waals surface area contributed by atoms with Crippen LogP contribution in [0, 0.1) is 10.7 Å². The monoisotopic (exact) mass is 200 g/mol. The van der Waals surface area contributed by atoms with Gasteiger partial charge in [-0.1, -0.05) is 0 Å². The number of thiocyanates is 1. The SMILES string of the molecule is CC(C)(N=C=S)C(C)(C)SC#N. The van der Waals surface area contributed by atoms with Crippen molar-refractivity contribution in [2.75, 3.05) is 0 Å². The maximum absolute atomic E-state index is 8.56. The molecule has 0 rings (SSSR count). The molecule has 0 aliphatic heterocycles. The predicted molar refractivity (Wildman–Crippen MR) is 56.4 cm³/mol. The third-order valence-electron chi connectivity index (χ3n) is 2.10. The molecule has 12 heavy (non-hydrogen) atoms. The van der Waals surface area contributed by atoms with Crippen molar-refractivity contribution in [2.24, 2.45) is 4.99 Å². The van der Waals surface area contributed by atoms with Crippen LogP contribution in [0.2, 0.25) is 0 Å². The highest BCUT2D eigenvalue weighted by molar-refractivity contribution is 8.05. The number of thioether (sulfide) groups is 1. The van der Waals surface area contributed by atoms with Gasteiger partial charge in [-0.15, -0.1) is 0 Å². The van der Waals surface area contributed by atoms with Crippen molar-refractivity contribution < 1.29 is 0 Å². The van der Waals surface area contributed by atoms with Crippen molar-refractivity contribution in [3.8, 4) is 5.40 Å². The second-order valence-electron chi connectivity index (χ2n) is 3.47. The highest BCUT2D eigenvalue weighted by atomic mass is 32.2. The topological polar surface area (TPSA) is 36.1 Å². The number of nitriles is 1. The van der Waals surface area contributed by atoms with Crippen molar-refractivity contribution in [1.29, 1.82) is 5.26 Å². The zero-order chi connectivity index (χ0) is 9.83. The summed E-state index contributed by atoms with van der Waals surface area (Å²) in [6, 6.07) is 0. The lowest BCUT2D eigenvalue weighted by Gasteiger charge is -2.34. The van der Waals surface area contributed by atoms with Crippen molar-refractivity contribution in [1.82, 2.24) is 0 Å². The van der Waals surface area contributed by atoms with E-state index in [1.807, 2.05) is 27.7 Å². The number of isothiocyanates is 1. The van der Waals surface area contributed by atoms with Crippen molar-refractivity contribution in [3.63, 3.8) is 0 Å². The first kappa shape index (κ1) is 11.6. The Morgan fingerprint density at radius 3 is 2.17 bits per heavy atom. The zero-order valence-corrected chi connectivity index (χ0v) is 9.34. The minimum absolute atomic E-state index is 0.242. The van der Waals surface area contributed by atoms with Gasteiger partial charge >= 0.3 is 0 Å². The molecule has 2 nitrogen and oxygen atoms in total. The van der Waals surface area contributed by atoms with Crippen LogP contribution in [0.5, 0.6) is 0 Å². The minimum atomic E-state index is -0.352. The number of thiocarbonyl (C=S) groups is 1. The van der Waals surface area contributed by atoms with Crippen molar-refractivity contribution in [3.05, 3.63) is 0 Å². The Bertz CT molecular complexity index is 244. The van der Waals surface area contributed by atoms with Crippen LogP contribution in [0.4, 0.5) is 0 Å². The van der Waals surface area contributed by atoms with Gasteiger partial charge in [-0.3, -0.25) is 0 Å². The van der Waals surface area contributed by atoms with Gasteiger partial charge in [-0.25, -0.2) is 4.99 Å². The van der Waals surface area contributed by atoms with Gasteiger partial charge in [0.05, 0.1) is 15.4 Å². The van der Waals surface area contributed by atoms with E-state index in [9.17, 15) is 0 Å². The van der Waals surface area contributed by atoms with E-state index in [-0.39, 0.29) is 10.3 Å². The first-order valence-corrected chi connectivity index (χ1v) is 4.76. The first-order chi connectivity index (χ1) is 5.37. The van der Waals surface area contributed by atoms with Crippen LogP contribution in [-0.2, 0) is 0 Å². The Morgan fingerprint density at radius 2 is 1.83 bits per heavy atom. The number of aliphatic imine (C=N–C) groups is 1. The van der Waals surface area contributed by atoms with Gasteiger partial charge in [0.15, 0.2) is 0 Å². The van der Waals surface area contributed by atoms with Crippen LogP contribution < -0.4 is 0 Å². The molecule has 0 aromatic carbocycles. The number of hydrogen-bond donors (Lipinski definition) is 0. The van der Waals surface area contributed by atoms with Gasteiger partial charge in [-0.2, -0.15) is 5.26 Å². The molecule has 0 aromatic heterocycles. The van der Waals surface area contributed by atoms with Crippen molar-refractivity contribution >= 4 is 29.1 Å². The Kier molecular flexibility index (Phi) is 3.92. The normalized spacial score (nSPS) is 11.6. The van der Waals surface area contributed by atoms with Crippen LogP contribution in [0.25, 0.3) is 0 Å². The fourth-order valence-corrected chi connectivity index (χ4v) is 1.24. The van der Waals surface area contributed by atoms with Gasteiger partial charge in [0.25, 0.3) is 0 Å². The molecule has 0 heterocycles. The summed E-state index contributed by atoms with van der Waals surface area (Å²) < 4.78 is -0.242. The van der Waals surface area contributed by atoms with Gasteiger partial charge in [0, 0.05) is 0 Å². The minimum Gasteiger partial charge on any atom is -0.225 e.